The first-order valence-electron chi connectivity index (χ1n) is 7.80. The van der Waals surface area contributed by atoms with E-state index >= 15 is 0 Å². The van der Waals surface area contributed by atoms with Crippen molar-refractivity contribution in [3.8, 4) is 0 Å². The Morgan fingerprint density at radius 3 is 2.04 bits per heavy atom. The van der Waals surface area contributed by atoms with Crippen molar-refractivity contribution in [1.82, 2.24) is 4.47 Å². The highest BCUT2D eigenvalue weighted by Crippen LogP contribution is 2.17. The fraction of sp³-hybridized carbons (Fsp3) is 0.222. The summed E-state index contributed by atoms with van der Waals surface area (Å²) in [6, 6.07) is 11.3. The maximum atomic E-state index is 12.3. The summed E-state index contributed by atoms with van der Waals surface area (Å²) in [4.78, 5) is 29.1. The molecule has 144 valence electrons. The molecule has 0 radical (unpaired) electrons. The Kier molecular flexibility index (Phi) is 6.72. The van der Waals surface area contributed by atoms with E-state index in [-0.39, 0.29) is 16.2 Å². The number of hydroxylamine groups is 1. The van der Waals surface area contributed by atoms with E-state index in [9.17, 15) is 18.0 Å². The standard InChI is InChI=1S/C18H18ClNO6S/c1-12(17(21)13-4-8-15(19)9-5-13)26-18(22)14-6-10-16(11-7-14)27(23,24)20(2)25-3/h4-12H,1-3H3/t12-/m1/s1. The van der Waals surface area contributed by atoms with Crippen LogP contribution in [0.1, 0.15) is 27.6 Å². The molecule has 0 aliphatic rings. The van der Waals surface area contributed by atoms with Crippen LogP contribution in [0.25, 0.3) is 0 Å². The molecule has 0 aliphatic carbocycles. The van der Waals surface area contributed by atoms with Crippen LogP contribution in [0.15, 0.2) is 53.4 Å². The lowest BCUT2D eigenvalue weighted by Crippen LogP contribution is -2.26. The number of Topliss-reactive ketones (excluding diaryl/α,β-unsaturated/α-hetero) is 1. The Hall–Kier alpha value is -2.26. The Balaban J connectivity index is 2.09. The number of nitrogens with zero attached hydrogens (tertiary/aromatic N) is 1. The van der Waals surface area contributed by atoms with Crippen LogP contribution in [-0.2, 0) is 19.6 Å². The van der Waals surface area contributed by atoms with Gasteiger partial charge < -0.3 is 4.74 Å². The predicted molar refractivity (Wildman–Crippen MR) is 99.1 cm³/mol. The highest BCUT2D eigenvalue weighted by Gasteiger charge is 2.23. The maximum absolute atomic E-state index is 12.3. The number of hydrogen-bond donors (Lipinski definition) is 0. The smallest absolute Gasteiger partial charge is 0.338 e. The minimum absolute atomic E-state index is 0.0475. The summed E-state index contributed by atoms with van der Waals surface area (Å²) in [7, 11) is -1.34. The summed E-state index contributed by atoms with van der Waals surface area (Å²) >= 11 is 5.78. The van der Waals surface area contributed by atoms with Crippen LogP contribution in [0.2, 0.25) is 5.02 Å². The lowest BCUT2D eigenvalue weighted by molar-refractivity contribution is -0.0258. The lowest BCUT2D eigenvalue weighted by atomic mass is 10.1. The predicted octanol–water partition coefficient (Wildman–Crippen LogP) is 2.95. The summed E-state index contributed by atoms with van der Waals surface area (Å²) in [5, 5.41) is 0.491. The van der Waals surface area contributed by atoms with Gasteiger partial charge in [-0.1, -0.05) is 16.1 Å². The van der Waals surface area contributed by atoms with E-state index in [2.05, 4.69) is 4.84 Å². The molecule has 0 amide bonds. The molecule has 0 aromatic heterocycles. The molecule has 0 spiro atoms. The van der Waals surface area contributed by atoms with E-state index in [1.54, 1.807) is 24.3 Å². The summed E-state index contributed by atoms with van der Waals surface area (Å²) in [6.45, 7) is 1.46. The van der Waals surface area contributed by atoms with Gasteiger partial charge in [0.15, 0.2) is 6.10 Å². The molecule has 0 unspecified atom stereocenters. The quantitative estimate of drug-likeness (QED) is 0.395. The van der Waals surface area contributed by atoms with Crippen molar-refractivity contribution >= 4 is 33.4 Å². The van der Waals surface area contributed by atoms with Crippen LogP contribution in [-0.4, -0.2) is 44.9 Å². The number of esters is 1. The van der Waals surface area contributed by atoms with Gasteiger partial charge in [-0.25, -0.2) is 13.2 Å². The van der Waals surface area contributed by atoms with Gasteiger partial charge in [0.05, 0.1) is 17.6 Å². The van der Waals surface area contributed by atoms with E-state index < -0.39 is 22.1 Å². The number of ether oxygens (including phenoxy) is 1. The van der Waals surface area contributed by atoms with Crippen molar-refractivity contribution < 1.29 is 27.6 Å². The van der Waals surface area contributed by atoms with Crippen molar-refractivity contribution in [3.05, 3.63) is 64.7 Å². The summed E-state index contributed by atoms with van der Waals surface area (Å²) in [5.41, 5.74) is 0.480. The second kappa shape index (κ2) is 8.62. The minimum atomic E-state index is -3.81. The molecule has 2 aromatic rings. The van der Waals surface area contributed by atoms with Gasteiger partial charge in [-0.3, -0.25) is 9.63 Å². The van der Waals surface area contributed by atoms with Crippen LogP contribution in [0.4, 0.5) is 0 Å². The molecule has 0 heterocycles. The van der Waals surface area contributed by atoms with E-state index in [1.165, 1.54) is 45.3 Å². The van der Waals surface area contributed by atoms with Crippen molar-refractivity contribution in [2.75, 3.05) is 14.2 Å². The Labute approximate surface area is 162 Å². The second-order valence-electron chi connectivity index (χ2n) is 5.54. The maximum Gasteiger partial charge on any atom is 0.338 e. The van der Waals surface area contributed by atoms with Gasteiger partial charge in [0, 0.05) is 17.6 Å². The molecular formula is C18H18ClNO6S. The second-order valence-corrected chi connectivity index (χ2v) is 7.91. The van der Waals surface area contributed by atoms with Crippen molar-refractivity contribution in [1.29, 1.82) is 0 Å². The van der Waals surface area contributed by atoms with Crippen molar-refractivity contribution in [2.24, 2.45) is 0 Å². The number of halogens is 1. The molecule has 0 saturated heterocycles. The molecule has 0 N–H and O–H groups in total. The monoisotopic (exact) mass is 411 g/mol. The van der Waals surface area contributed by atoms with Gasteiger partial charge >= 0.3 is 5.97 Å². The van der Waals surface area contributed by atoms with Crippen LogP contribution in [0, 0.1) is 0 Å². The van der Waals surface area contributed by atoms with Gasteiger partial charge in [-0.05, 0) is 55.5 Å². The zero-order valence-electron chi connectivity index (χ0n) is 14.9. The van der Waals surface area contributed by atoms with Crippen LogP contribution < -0.4 is 0 Å². The van der Waals surface area contributed by atoms with Crippen molar-refractivity contribution in [3.63, 3.8) is 0 Å². The third kappa shape index (κ3) is 4.92. The SMILES string of the molecule is CON(C)S(=O)(=O)c1ccc(C(=O)O[C@H](C)C(=O)c2ccc(Cl)cc2)cc1. The molecule has 2 aromatic carbocycles. The van der Waals surface area contributed by atoms with Crippen LogP contribution in [0.3, 0.4) is 0 Å². The number of carbonyl (C=O) groups excluding carboxylic acids is 2. The fourth-order valence-electron chi connectivity index (χ4n) is 2.14. The molecule has 0 saturated carbocycles. The van der Waals surface area contributed by atoms with Crippen LogP contribution >= 0.6 is 11.6 Å². The van der Waals surface area contributed by atoms with E-state index in [4.69, 9.17) is 16.3 Å². The zero-order valence-corrected chi connectivity index (χ0v) is 16.5. The number of hydrogen-bond acceptors (Lipinski definition) is 6. The molecule has 0 aliphatic heterocycles. The highest BCUT2D eigenvalue weighted by atomic mass is 35.5. The first-order chi connectivity index (χ1) is 12.7. The number of sulfonamides is 1. The van der Waals surface area contributed by atoms with Gasteiger partial charge in [-0.2, -0.15) is 0 Å². The van der Waals surface area contributed by atoms with Gasteiger partial charge in [0.1, 0.15) is 0 Å². The first-order valence-corrected chi connectivity index (χ1v) is 9.62. The summed E-state index contributed by atoms with van der Waals surface area (Å²) in [6.07, 6.45) is -1.01. The average molecular weight is 412 g/mol. The van der Waals surface area contributed by atoms with E-state index in [0.717, 1.165) is 0 Å². The number of rotatable bonds is 7. The Morgan fingerprint density at radius 2 is 1.52 bits per heavy atom. The zero-order chi connectivity index (χ0) is 20.2. The molecular weight excluding hydrogens is 394 g/mol. The fourth-order valence-corrected chi connectivity index (χ4v) is 3.24. The van der Waals surface area contributed by atoms with E-state index in [0.29, 0.717) is 15.1 Å². The number of benzene rings is 2. The third-order valence-corrected chi connectivity index (χ3v) is 5.71. The molecule has 0 fully saturated rings. The summed E-state index contributed by atoms with van der Waals surface area (Å²) in [5.74, 6) is -1.12. The lowest BCUT2D eigenvalue weighted by Gasteiger charge is -2.15. The Morgan fingerprint density at radius 1 is 1.00 bits per heavy atom. The third-order valence-electron chi connectivity index (χ3n) is 3.77. The molecule has 1 atom stereocenters. The normalized spacial score (nSPS) is 12.6. The summed E-state index contributed by atoms with van der Waals surface area (Å²) < 4.78 is 30.1. The molecule has 7 nitrogen and oxygen atoms in total. The van der Waals surface area contributed by atoms with Crippen molar-refractivity contribution in [2.45, 2.75) is 17.9 Å². The van der Waals surface area contributed by atoms with Gasteiger partial charge in [0.25, 0.3) is 10.0 Å². The van der Waals surface area contributed by atoms with Crippen LogP contribution in [0.5, 0.6) is 0 Å². The topological polar surface area (TPSA) is 90.0 Å². The van der Waals surface area contributed by atoms with E-state index in [1.807, 2.05) is 0 Å². The Bertz CT molecular complexity index is 925. The molecule has 0 bridgehead atoms. The first kappa shape index (κ1) is 21.0. The number of carbonyl (C=O) groups is 2. The van der Waals surface area contributed by atoms with Gasteiger partial charge in [-0.15, -0.1) is 0 Å². The van der Waals surface area contributed by atoms with Gasteiger partial charge in [0.2, 0.25) is 5.78 Å². The highest BCUT2D eigenvalue weighted by molar-refractivity contribution is 7.89. The molecule has 9 heteroatoms. The number of ketones is 1. The minimum Gasteiger partial charge on any atom is -0.451 e. The molecule has 27 heavy (non-hydrogen) atoms. The molecule has 2 rings (SSSR count). The largest absolute Gasteiger partial charge is 0.451 e. The average Bonchev–Trinajstić information content (AvgIpc) is 2.67.